The molecule has 0 spiro atoms. The monoisotopic (exact) mass is 213 g/mol. The third kappa shape index (κ3) is 1.48. The number of nitrogens with one attached hydrogen (secondary N) is 2. The van der Waals surface area contributed by atoms with Crippen LogP contribution in [0.4, 0.5) is 0 Å². The summed E-state index contributed by atoms with van der Waals surface area (Å²) in [6, 6.07) is 2.21. The number of allylic oxidation sites excluding steroid dienone is 1. The Morgan fingerprint density at radius 2 is 2.31 bits per heavy atom. The van der Waals surface area contributed by atoms with Crippen LogP contribution in [0.2, 0.25) is 0 Å². The van der Waals surface area contributed by atoms with Gasteiger partial charge in [0.05, 0.1) is 0 Å². The van der Waals surface area contributed by atoms with Gasteiger partial charge < -0.3 is 10.3 Å². The van der Waals surface area contributed by atoms with Crippen molar-refractivity contribution in [2.45, 2.75) is 19.8 Å². The van der Waals surface area contributed by atoms with E-state index in [4.69, 9.17) is 0 Å². The zero-order valence-corrected chi connectivity index (χ0v) is 9.38. The maximum atomic E-state index is 4.44. The molecular weight excluding hydrogens is 198 g/mol. The number of nitrogens with zero attached hydrogens (tertiary/aromatic N) is 1. The minimum Gasteiger partial charge on any atom is -0.385 e. The Morgan fingerprint density at radius 1 is 1.38 bits per heavy atom. The third-order valence-corrected chi connectivity index (χ3v) is 3.09. The van der Waals surface area contributed by atoms with Gasteiger partial charge in [-0.15, -0.1) is 0 Å². The van der Waals surface area contributed by atoms with Gasteiger partial charge in [0.25, 0.3) is 0 Å². The van der Waals surface area contributed by atoms with Gasteiger partial charge in [-0.25, -0.2) is 4.98 Å². The molecule has 2 aromatic heterocycles. The Bertz CT molecular complexity index is 551. The molecule has 3 heterocycles. The number of aromatic amines is 1. The maximum absolute atomic E-state index is 4.44. The van der Waals surface area contributed by atoms with E-state index >= 15 is 0 Å². The van der Waals surface area contributed by atoms with Crippen LogP contribution >= 0.6 is 0 Å². The molecule has 2 aromatic rings. The van der Waals surface area contributed by atoms with Crippen LogP contribution in [0.15, 0.2) is 24.5 Å². The van der Waals surface area contributed by atoms with E-state index in [0.717, 1.165) is 18.6 Å². The standard InChI is InChI=1S/C13H15N3/c1-9-7-15-13-11(9)6-10(8-16-13)12-4-2-3-5-14-12/h4,6-8,14H,2-3,5H2,1H3,(H,15,16). The highest BCUT2D eigenvalue weighted by Crippen LogP contribution is 2.21. The van der Waals surface area contributed by atoms with Gasteiger partial charge in [-0.05, 0) is 31.4 Å². The first-order valence-electron chi connectivity index (χ1n) is 5.73. The third-order valence-electron chi connectivity index (χ3n) is 3.09. The van der Waals surface area contributed by atoms with Crippen LogP contribution < -0.4 is 5.32 Å². The number of aryl methyl sites for hydroxylation is 1. The summed E-state index contributed by atoms with van der Waals surface area (Å²) in [5, 5.41) is 4.64. The summed E-state index contributed by atoms with van der Waals surface area (Å²) < 4.78 is 0. The largest absolute Gasteiger partial charge is 0.385 e. The highest BCUT2D eigenvalue weighted by atomic mass is 14.9. The van der Waals surface area contributed by atoms with Crippen LogP contribution in [-0.2, 0) is 0 Å². The van der Waals surface area contributed by atoms with Crippen LogP contribution in [-0.4, -0.2) is 16.5 Å². The molecule has 0 unspecified atom stereocenters. The van der Waals surface area contributed by atoms with Crippen molar-refractivity contribution in [3.05, 3.63) is 35.7 Å². The van der Waals surface area contributed by atoms with Crippen LogP contribution in [0.1, 0.15) is 24.0 Å². The SMILES string of the molecule is Cc1c[nH]c2ncc(C3=CCCCN3)cc12. The molecule has 16 heavy (non-hydrogen) atoms. The minimum atomic E-state index is 0.970. The molecule has 1 aliphatic rings. The van der Waals surface area contributed by atoms with E-state index in [1.165, 1.54) is 28.6 Å². The highest BCUT2D eigenvalue weighted by Gasteiger charge is 2.08. The van der Waals surface area contributed by atoms with E-state index in [2.05, 4.69) is 34.4 Å². The summed E-state index contributed by atoms with van der Waals surface area (Å²) >= 11 is 0. The van der Waals surface area contributed by atoms with E-state index in [9.17, 15) is 0 Å². The first-order chi connectivity index (χ1) is 7.84. The minimum absolute atomic E-state index is 0.970. The summed E-state index contributed by atoms with van der Waals surface area (Å²) in [6.45, 7) is 3.17. The van der Waals surface area contributed by atoms with Crippen LogP contribution in [0, 0.1) is 6.92 Å². The number of hydrogen-bond acceptors (Lipinski definition) is 2. The van der Waals surface area contributed by atoms with Crippen LogP contribution in [0.25, 0.3) is 16.7 Å². The van der Waals surface area contributed by atoms with Crippen molar-refractivity contribution in [1.29, 1.82) is 0 Å². The van der Waals surface area contributed by atoms with Gasteiger partial charge in [0.15, 0.2) is 0 Å². The predicted molar refractivity (Wildman–Crippen MR) is 66.0 cm³/mol. The lowest BCUT2D eigenvalue weighted by Crippen LogP contribution is -2.17. The van der Waals surface area contributed by atoms with Gasteiger partial charge in [-0.2, -0.15) is 0 Å². The smallest absolute Gasteiger partial charge is 0.137 e. The molecule has 0 amide bonds. The Labute approximate surface area is 94.6 Å². The fourth-order valence-corrected chi connectivity index (χ4v) is 2.15. The molecular formula is C13H15N3. The fraction of sp³-hybridized carbons (Fsp3) is 0.308. The number of pyridine rings is 1. The van der Waals surface area contributed by atoms with Gasteiger partial charge in [0, 0.05) is 35.6 Å². The molecule has 0 bridgehead atoms. The van der Waals surface area contributed by atoms with Crippen molar-refractivity contribution in [2.75, 3.05) is 6.54 Å². The van der Waals surface area contributed by atoms with Gasteiger partial charge >= 0.3 is 0 Å². The van der Waals surface area contributed by atoms with Crippen molar-refractivity contribution >= 4 is 16.7 Å². The second-order valence-electron chi connectivity index (χ2n) is 4.28. The first-order valence-corrected chi connectivity index (χ1v) is 5.73. The van der Waals surface area contributed by atoms with Gasteiger partial charge in [-0.1, -0.05) is 6.08 Å². The summed E-state index contributed by atoms with van der Waals surface area (Å²) in [4.78, 5) is 7.61. The number of aromatic nitrogens is 2. The Hall–Kier alpha value is -1.77. The molecule has 0 fully saturated rings. The Kier molecular flexibility index (Phi) is 2.17. The second-order valence-corrected chi connectivity index (χ2v) is 4.28. The van der Waals surface area contributed by atoms with Crippen molar-refractivity contribution in [2.24, 2.45) is 0 Å². The molecule has 82 valence electrons. The summed E-state index contributed by atoms with van der Waals surface area (Å²) in [5.74, 6) is 0. The van der Waals surface area contributed by atoms with Crippen molar-refractivity contribution in [3.63, 3.8) is 0 Å². The van der Waals surface area contributed by atoms with E-state index in [1.54, 1.807) is 0 Å². The van der Waals surface area contributed by atoms with E-state index in [-0.39, 0.29) is 0 Å². The summed E-state index contributed by atoms with van der Waals surface area (Å²) in [6.07, 6.45) is 8.58. The Morgan fingerprint density at radius 3 is 3.12 bits per heavy atom. The van der Waals surface area contributed by atoms with E-state index in [1.807, 2.05) is 12.4 Å². The molecule has 1 aliphatic heterocycles. The Balaban J connectivity index is 2.10. The topological polar surface area (TPSA) is 40.7 Å². The summed E-state index contributed by atoms with van der Waals surface area (Å²) in [5.41, 5.74) is 4.63. The molecule has 0 aliphatic carbocycles. The van der Waals surface area contributed by atoms with Crippen LogP contribution in [0.3, 0.4) is 0 Å². The quantitative estimate of drug-likeness (QED) is 0.764. The van der Waals surface area contributed by atoms with Crippen LogP contribution in [0.5, 0.6) is 0 Å². The van der Waals surface area contributed by atoms with Gasteiger partial charge in [-0.3, -0.25) is 0 Å². The predicted octanol–water partition coefficient (Wildman–Crippen LogP) is 2.60. The van der Waals surface area contributed by atoms with Crippen molar-refractivity contribution in [1.82, 2.24) is 15.3 Å². The molecule has 3 rings (SSSR count). The first kappa shape index (κ1) is 9.46. The van der Waals surface area contributed by atoms with E-state index in [0.29, 0.717) is 0 Å². The molecule has 3 heteroatoms. The van der Waals surface area contributed by atoms with Crippen molar-refractivity contribution < 1.29 is 0 Å². The normalized spacial score (nSPS) is 15.9. The average Bonchev–Trinajstić information content (AvgIpc) is 2.72. The number of hydrogen-bond donors (Lipinski definition) is 2. The molecule has 2 N–H and O–H groups in total. The maximum Gasteiger partial charge on any atom is 0.137 e. The van der Waals surface area contributed by atoms with Crippen molar-refractivity contribution in [3.8, 4) is 0 Å². The lowest BCUT2D eigenvalue weighted by molar-refractivity contribution is 0.743. The van der Waals surface area contributed by atoms with Gasteiger partial charge in [0.2, 0.25) is 0 Å². The molecule has 0 radical (unpaired) electrons. The zero-order valence-electron chi connectivity index (χ0n) is 9.38. The number of rotatable bonds is 1. The molecule has 3 nitrogen and oxygen atoms in total. The average molecular weight is 213 g/mol. The fourth-order valence-electron chi connectivity index (χ4n) is 2.15. The zero-order chi connectivity index (χ0) is 11.0. The number of fused-ring (bicyclic) bond motifs is 1. The highest BCUT2D eigenvalue weighted by molar-refractivity contribution is 5.83. The second kappa shape index (κ2) is 3.67. The molecule has 0 saturated carbocycles. The molecule has 0 atom stereocenters. The lowest BCUT2D eigenvalue weighted by atomic mass is 10.1. The van der Waals surface area contributed by atoms with Gasteiger partial charge in [0.1, 0.15) is 5.65 Å². The summed E-state index contributed by atoms with van der Waals surface area (Å²) in [7, 11) is 0. The van der Waals surface area contributed by atoms with E-state index < -0.39 is 0 Å². The lowest BCUT2D eigenvalue weighted by Gasteiger charge is -2.15. The molecule has 0 saturated heterocycles. The molecule has 0 aromatic carbocycles. The number of H-pyrrole nitrogens is 1.